The number of methoxy groups -OCH3 is 1. The highest BCUT2D eigenvalue weighted by atomic mass is 35.5. The second-order valence-electron chi connectivity index (χ2n) is 4.49. The summed E-state index contributed by atoms with van der Waals surface area (Å²) in [6.07, 6.45) is 0. The Morgan fingerprint density at radius 1 is 1.11 bits per heavy atom. The number of benzene rings is 2. The van der Waals surface area contributed by atoms with Crippen molar-refractivity contribution < 1.29 is 9.13 Å². The molecule has 2 N–H and O–H groups in total. The molecule has 0 amide bonds. The fourth-order valence-electron chi connectivity index (χ4n) is 2.25. The van der Waals surface area contributed by atoms with Gasteiger partial charge in [0.2, 0.25) is 0 Å². The van der Waals surface area contributed by atoms with E-state index in [1.807, 2.05) is 26.0 Å². The number of hydrogen-bond acceptors (Lipinski definition) is 2. The number of rotatable bonds is 2. The van der Waals surface area contributed by atoms with Crippen molar-refractivity contribution in [3.63, 3.8) is 0 Å². The van der Waals surface area contributed by atoms with E-state index in [0.717, 1.165) is 22.4 Å². The largest absolute Gasteiger partial charge is 0.496 e. The van der Waals surface area contributed by atoms with Crippen LogP contribution in [0.25, 0.3) is 11.1 Å². The Labute approximate surface area is 117 Å². The van der Waals surface area contributed by atoms with Gasteiger partial charge >= 0.3 is 0 Å². The van der Waals surface area contributed by atoms with E-state index < -0.39 is 5.82 Å². The van der Waals surface area contributed by atoms with Crippen LogP contribution in [0, 0.1) is 19.7 Å². The van der Waals surface area contributed by atoms with Crippen molar-refractivity contribution in [1.29, 1.82) is 0 Å². The Morgan fingerprint density at radius 3 is 2.21 bits per heavy atom. The van der Waals surface area contributed by atoms with Gasteiger partial charge in [-0.2, -0.15) is 0 Å². The quantitative estimate of drug-likeness (QED) is 0.829. The molecule has 2 rings (SSSR count). The van der Waals surface area contributed by atoms with E-state index >= 15 is 0 Å². The Bertz CT molecular complexity index is 617. The van der Waals surface area contributed by atoms with Crippen LogP contribution in [0.1, 0.15) is 11.1 Å². The molecule has 0 bridgehead atoms. The summed E-state index contributed by atoms with van der Waals surface area (Å²) in [4.78, 5) is 0. The summed E-state index contributed by atoms with van der Waals surface area (Å²) in [7, 11) is 1.63. The van der Waals surface area contributed by atoms with Gasteiger partial charge in [0.15, 0.2) is 0 Å². The van der Waals surface area contributed by atoms with Crippen LogP contribution >= 0.6 is 11.6 Å². The molecule has 0 spiro atoms. The van der Waals surface area contributed by atoms with E-state index in [1.54, 1.807) is 7.11 Å². The molecule has 100 valence electrons. The van der Waals surface area contributed by atoms with Gasteiger partial charge in [-0.25, -0.2) is 4.39 Å². The predicted molar refractivity (Wildman–Crippen MR) is 77.3 cm³/mol. The zero-order valence-electron chi connectivity index (χ0n) is 11.1. The van der Waals surface area contributed by atoms with E-state index in [2.05, 4.69) is 0 Å². The monoisotopic (exact) mass is 279 g/mol. The molecular formula is C15H15ClFNO. The van der Waals surface area contributed by atoms with Gasteiger partial charge < -0.3 is 10.5 Å². The SMILES string of the molecule is COc1c(C)cc(-c2cc(F)cc(Cl)c2N)cc1C. The fourth-order valence-corrected chi connectivity index (χ4v) is 2.46. The summed E-state index contributed by atoms with van der Waals surface area (Å²) < 4.78 is 18.8. The van der Waals surface area contributed by atoms with Crippen LogP contribution in [-0.2, 0) is 0 Å². The molecular weight excluding hydrogens is 265 g/mol. The van der Waals surface area contributed by atoms with Crippen molar-refractivity contribution >= 4 is 17.3 Å². The molecule has 0 heterocycles. The fraction of sp³-hybridized carbons (Fsp3) is 0.200. The lowest BCUT2D eigenvalue weighted by Gasteiger charge is -2.13. The van der Waals surface area contributed by atoms with Gasteiger partial charge in [-0.15, -0.1) is 0 Å². The highest BCUT2D eigenvalue weighted by molar-refractivity contribution is 6.33. The Morgan fingerprint density at radius 2 is 1.68 bits per heavy atom. The van der Waals surface area contributed by atoms with Crippen LogP contribution in [0.2, 0.25) is 5.02 Å². The predicted octanol–water partition coefficient (Wildman–Crippen LogP) is 4.35. The molecule has 4 heteroatoms. The van der Waals surface area contributed by atoms with E-state index in [-0.39, 0.29) is 5.02 Å². The summed E-state index contributed by atoms with van der Waals surface area (Å²) in [5.74, 6) is 0.421. The lowest BCUT2D eigenvalue weighted by atomic mass is 9.98. The Kier molecular flexibility index (Phi) is 3.67. The number of ether oxygens (including phenoxy) is 1. The topological polar surface area (TPSA) is 35.2 Å². The normalized spacial score (nSPS) is 10.6. The number of anilines is 1. The van der Waals surface area contributed by atoms with Crippen molar-refractivity contribution in [2.75, 3.05) is 12.8 Å². The first-order valence-electron chi connectivity index (χ1n) is 5.84. The van der Waals surface area contributed by atoms with Gasteiger partial charge in [0.1, 0.15) is 11.6 Å². The summed E-state index contributed by atoms with van der Waals surface area (Å²) in [5, 5.41) is 0.223. The molecule has 19 heavy (non-hydrogen) atoms. The van der Waals surface area contributed by atoms with E-state index in [9.17, 15) is 4.39 Å². The van der Waals surface area contributed by atoms with E-state index in [4.69, 9.17) is 22.1 Å². The van der Waals surface area contributed by atoms with Gasteiger partial charge in [0.25, 0.3) is 0 Å². The lowest BCUT2D eigenvalue weighted by molar-refractivity contribution is 0.408. The minimum atomic E-state index is -0.402. The van der Waals surface area contributed by atoms with Crippen LogP contribution in [-0.4, -0.2) is 7.11 Å². The Hall–Kier alpha value is -1.74. The zero-order valence-corrected chi connectivity index (χ0v) is 11.8. The molecule has 0 radical (unpaired) electrons. The Balaban J connectivity index is 2.66. The smallest absolute Gasteiger partial charge is 0.125 e. The summed E-state index contributed by atoms with van der Waals surface area (Å²) in [6, 6.07) is 6.42. The molecule has 0 aliphatic carbocycles. The van der Waals surface area contributed by atoms with Gasteiger partial charge in [0.05, 0.1) is 17.8 Å². The molecule has 0 saturated heterocycles. The summed E-state index contributed by atoms with van der Waals surface area (Å²) in [6.45, 7) is 3.87. The number of nitrogens with two attached hydrogens (primary N) is 1. The number of hydrogen-bond donors (Lipinski definition) is 1. The molecule has 0 aliphatic heterocycles. The summed E-state index contributed by atoms with van der Waals surface area (Å²) in [5.41, 5.74) is 9.67. The number of halogens is 2. The zero-order chi connectivity index (χ0) is 14.2. The first kappa shape index (κ1) is 13.7. The number of aryl methyl sites for hydroxylation is 2. The van der Waals surface area contributed by atoms with Gasteiger partial charge in [-0.1, -0.05) is 11.6 Å². The number of nitrogen functional groups attached to an aromatic ring is 1. The molecule has 0 aliphatic rings. The molecule has 0 atom stereocenters. The van der Waals surface area contributed by atoms with Crippen molar-refractivity contribution in [3.05, 3.63) is 46.2 Å². The van der Waals surface area contributed by atoms with Crippen LogP contribution in [0.4, 0.5) is 10.1 Å². The van der Waals surface area contributed by atoms with Crippen LogP contribution in [0.15, 0.2) is 24.3 Å². The maximum atomic E-state index is 13.5. The second kappa shape index (κ2) is 5.10. The van der Waals surface area contributed by atoms with Crippen molar-refractivity contribution in [3.8, 4) is 16.9 Å². The second-order valence-corrected chi connectivity index (χ2v) is 4.90. The molecule has 0 aromatic heterocycles. The highest BCUT2D eigenvalue weighted by Gasteiger charge is 2.12. The van der Waals surface area contributed by atoms with Crippen LogP contribution < -0.4 is 10.5 Å². The third-order valence-electron chi connectivity index (χ3n) is 3.07. The molecule has 2 aromatic rings. The maximum absolute atomic E-state index is 13.5. The lowest BCUT2D eigenvalue weighted by Crippen LogP contribution is -1.96. The molecule has 2 nitrogen and oxygen atoms in total. The van der Waals surface area contributed by atoms with Crippen molar-refractivity contribution in [2.45, 2.75) is 13.8 Å². The molecule has 2 aromatic carbocycles. The van der Waals surface area contributed by atoms with Crippen molar-refractivity contribution in [2.24, 2.45) is 0 Å². The van der Waals surface area contributed by atoms with E-state index in [0.29, 0.717) is 11.3 Å². The minimum Gasteiger partial charge on any atom is -0.496 e. The van der Waals surface area contributed by atoms with Crippen molar-refractivity contribution in [1.82, 2.24) is 0 Å². The average molecular weight is 280 g/mol. The third kappa shape index (κ3) is 2.51. The molecule has 0 fully saturated rings. The maximum Gasteiger partial charge on any atom is 0.125 e. The van der Waals surface area contributed by atoms with E-state index in [1.165, 1.54) is 12.1 Å². The first-order valence-corrected chi connectivity index (χ1v) is 6.22. The van der Waals surface area contributed by atoms with Gasteiger partial charge in [-0.05, 0) is 54.8 Å². The minimum absolute atomic E-state index is 0.223. The van der Waals surface area contributed by atoms with Crippen LogP contribution in [0.3, 0.4) is 0 Å². The molecule has 0 unspecified atom stereocenters. The standard InChI is InChI=1S/C15H15ClFNO/c1-8-4-10(5-9(2)15(8)19-3)12-6-11(17)7-13(16)14(12)18/h4-7H,18H2,1-3H3. The first-order chi connectivity index (χ1) is 8.93. The van der Waals surface area contributed by atoms with Gasteiger partial charge in [-0.3, -0.25) is 0 Å². The van der Waals surface area contributed by atoms with Gasteiger partial charge in [0, 0.05) is 5.56 Å². The third-order valence-corrected chi connectivity index (χ3v) is 3.38. The van der Waals surface area contributed by atoms with Crippen LogP contribution in [0.5, 0.6) is 5.75 Å². The highest BCUT2D eigenvalue weighted by Crippen LogP contribution is 2.36. The summed E-state index contributed by atoms with van der Waals surface area (Å²) >= 11 is 5.92. The average Bonchev–Trinajstić information content (AvgIpc) is 2.33. The molecule has 0 saturated carbocycles.